The largest absolute Gasteiger partial charge is 0.320 e. The summed E-state index contributed by atoms with van der Waals surface area (Å²) in [4.78, 5) is 0. The van der Waals surface area contributed by atoms with Crippen molar-refractivity contribution < 1.29 is 4.39 Å². The summed E-state index contributed by atoms with van der Waals surface area (Å²) in [7, 11) is 0. The highest BCUT2D eigenvalue weighted by Crippen LogP contribution is 2.31. The lowest BCUT2D eigenvalue weighted by molar-refractivity contribution is 0.624. The standard InChI is InChI=1S/C17H17ClFN/c18-16-14(6-3-7-15(16)19)17(20)13-9-8-11-4-1-2-5-12(11)10-13/h3,6-10,17H,1-2,4-5,20H2. The number of hydrogen-bond acceptors (Lipinski definition) is 1. The van der Waals surface area contributed by atoms with Crippen molar-refractivity contribution in [3.05, 3.63) is 69.5 Å². The smallest absolute Gasteiger partial charge is 0.142 e. The normalized spacial score (nSPS) is 15.8. The summed E-state index contributed by atoms with van der Waals surface area (Å²) in [5.41, 5.74) is 10.7. The van der Waals surface area contributed by atoms with Crippen molar-refractivity contribution in [3.63, 3.8) is 0 Å². The molecule has 0 amide bonds. The van der Waals surface area contributed by atoms with Gasteiger partial charge in [-0.1, -0.05) is 41.9 Å². The molecule has 3 rings (SSSR count). The molecule has 0 aromatic heterocycles. The lowest BCUT2D eigenvalue weighted by atomic mass is 9.88. The van der Waals surface area contributed by atoms with Crippen LogP contribution in [0.15, 0.2) is 36.4 Å². The molecule has 0 radical (unpaired) electrons. The molecule has 1 unspecified atom stereocenters. The fourth-order valence-electron chi connectivity index (χ4n) is 2.89. The zero-order valence-electron chi connectivity index (χ0n) is 11.2. The Morgan fingerprint density at radius 1 is 1.05 bits per heavy atom. The van der Waals surface area contributed by atoms with Crippen molar-refractivity contribution >= 4 is 11.6 Å². The van der Waals surface area contributed by atoms with Crippen LogP contribution in [0.1, 0.15) is 41.1 Å². The quantitative estimate of drug-likeness (QED) is 0.871. The Bertz CT molecular complexity index is 639. The Morgan fingerprint density at radius 2 is 1.80 bits per heavy atom. The first-order valence-electron chi connectivity index (χ1n) is 6.98. The van der Waals surface area contributed by atoms with E-state index in [0.717, 1.165) is 18.4 Å². The lowest BCUT2D eigenvalue weighted by Crippen LogP contribution is -2.14. The number of rotatable bonds is 2. The molecular formula is C17H17ClFN. The van der Waals surface area contributed by atoms with E-state index in [0.29, 0.717) is 5.56 Å². The fraction of sp³-hybridized carbons (Fsp3) is 0.294. The molecule has 2 aromatic rings. The molecule has 0 fully saturated rings. The third-order valence-corrected chi connectivity index (χ3v) is 4.45. The van der Waals surface area contributed by atoms with Gasteiger partial charge in [0.25, 0.3) is 0 Å². The molecule has 2 aromatic carbocycles. The van der Waals surface area contributed by atoms with Gasteiger partial charge in [0.2, 0.25) is 0 Å². The molecule has 20 heavy (non-hydrogen) atoms. The Balaban J connectivity index is 1.98. The van der Waals surface area contributed by atoms with Gasteiger partial charge in [-0.2, -0.15) is 0 Å². The highest BCUT2D eigenvalue weighted by Gasteiger charge is 2.17. The van der Waals surface area contributed by atoms with E-state index in [9.17, 15) is 4.39 Å². The van der Waals surface area contributed by atoms with Crippen LogP contribution in [0.2, 0.25) is 5.02 Å². The van der Waals surface area contributed by atoms with Crippen molar-refractivity contribution in [2.24, 2.45) is 5.73 Å². The van der Waals surface area contributed by atoms with Gasteiger partial charge in [-0.05, 0) is 54.0 Å². The van der Waals surface area contributed by atoms with Crippen LogP contribution < -0.4 is 5.73 Å². The summed E-state index contributed by atoms with van der Waals surface area (Å²) in [5.74, 6) is -0.419. The minimum absolute atomic E-state index is 0.123. The minimum atomic E-state index is -0.419. The molecule has 0 spiro atoms. The second-order valence-electron chi connectivity index (χ2n) is 5.36. The first-order chi connectivity index (χ1) is 9.66. The molecule has 0 saturated heterocycles. The second-order valence-corrected chi connectivity index (χ2v) is 5.73. The predicted molar refractivity (Wildman–Crippen MR) is 80.5 cm³/mol. The molecule has 1 atom stereocenters. The number of fused-ring (bicyclic) bond motifs is 1. The molecular weight excluding hydrogens is 273 g/mol. The van der Waals surface area contributed by atoms with Gasteiger partial charge in [-0.15, -0.1) is 0 Å². The van der Waals surface area contributed by atoms with Crippen molar-refractivity contribution in [2.75, 3.05) is 0 Å². The van der Waals surface area contributed by atoms with E-state index in [1.165, 1.54) is 30.0 Å². The van der Waals surface area contributed by atoms with Crippen molar-refractivity contribution in [1.29, 1.82) is 0 Å². The van der Waals surface area contributed by atoms with Crippen LogP contribution in [0.4, 0.5) is 4.39 Å². The number of nitrogens with two attached hydrogens (primary N) is 1. The maximum atomic E-state index is 13.5. The highest BCUT2D eigenvalue weighted by molar-refractivity contribution is 6.31. The topological polar surface area (TPSA) is 26.0 Å². The zero-order valence-corrected chi connectivity index (χ0v) is 12.0. The monoisotopic (exact) mass is 289 g/mol. The molecule has 0 bridgehead atoms. The van der Waals surface area contributed by atoms with E-state index >= 15 is 0 Å². The van der Waals surface area contributed by atoms with Crippen molar-refractivity contribution in [1.82, 2.24) is 0 Å². The van der Waals surface area contributed by atoms with E-state index < -0.39 is 5.82 Å². The summed E-state index contributed by atoms with van der Waals surface area (Å²) in [6, 6.07) is 10.7. The summed E-state index contributed by atoms with van der Waals surface area (Å²) < 4.78 is 13.5. The zero-order chi connectivity index (χ0) is 14.1. The van der Waals surface area contributed by atoms with Gasteiger partial charge in [0, 0.05) is 0 Å². The molecule has 0 heterocycles. The van der Waals surface area contributed by atoms with Gasteiger partial charge in [-0.3, -0.25) is 0 Å². The van der Waals surface area contributed by atoms with Crippen molar-refractivity contribution in [2.45, 2.75) is 31.7 Å². The molecule has 1 aliphatic rings. The third-order valence-electron chi connectivity index (χ3n) is 4.05. The van der Waals surface area contributed by atoms with Crippen LogP contribution in [0.3, 0.4) is 0 Å². The van der Waals surface area contributed by atoms with Crippen LogP contribution >= 0.6 is 11.6 Å². The van der Waals surface area contributed by atoms with Crippen molar-refractivity contribution in [3.8, 4) is 0 Å². The van der Waals surface area contributed by atoms with Gasteiger partial charge in [0.15, 0.2) is 0 Å². The van der Waals surface area contributed by atoms with E-state index in [4.69, 9.17) is 17.3 Å². The number of aryl methyl sites for hydroxylation is 2. The second kappa shape index (κ2) is 5.55. The summed E-state index contributed by atoms with van der Waals surface area (Å²) in [5, 5.41) is 0.123. The minimum Gasteiger partial charge on any atom is -0.320 e. The maximum Gasteiger partial charge on any atom is 0.142 e. The van der Waals surface area contributed by atoms with Gasteiger partial charge < -0.3 is 5.73 Å². The first-order valence-corrected chi connectivity index (χ1v) is 7.36. The van der Waals surface area contributed by atoms with E-state index in [1.54, 1.807) is 12.1 Å². The molecule has 0 saturated carbocycles. The maximum absolute atomic E-state index is 13.5. The molecule has 1 aliphatic carbocycles. The summed E-state index contributed by atoms with van der Waals surface area (Å²) in [6.45, 7) is 0. The summed E-state index contributed by atoms with van der Waals surface area (Å²) in [6.07, 6.45) is 4.74. The average Bonchev–Trinajstić information content (AvgIpc) is 2.49. The van der Waals surface area contributed by atoms with Gasteiger partial charge in [-0.25, -0.2) is 4.39 Å². The van der Waals surface area contributed by atoms with Gasteiger partial charge in [0.05, 0.1) is 11.1 Å². The van der Waals surface area contributed by atoms with Gasteiger partial charge in [0.1, 0.15) is 5.82 Å². The van der Waals surface area contributed by atoms with Crippen LogP contribution in [-0.2, 0) is 12.8 Å². The van der Waals surface area contributed by atoms with Crippen LogP contribution in [0.25, 0.3) is 0 Å². The van der Waals surface area contributed by atoms with E-state index in [1.807, 2.05) is 6.07 Å². The number of benzene rings is 2. The van der Waals surface area contributed by atoms with E-state index in [-0.39, 0.29) is 11.1 Å². The number of hydrogen-bond donors (Lipinski definition) is 1. The lowest BCUT2D eigenvalue weighted by Gasteiger charge is -2.20. The Kier molecular flexibility index (Phi) is 3.77. The Hall–Kier alpha value is -1.38. The fourth-order valence-corrected chi connectivity index (χ4v) is 3.13. The third kappa shape index (κ3) is 2.46. The van der Waals surface area contributed by atoms with Crippen LogP contribution in [-0.4, -0.2) is 0 Å². The summed E-state index contributed by atoms with van der Waals surface area (Å²) >= 11 is 6.03. The van der Waals surface area contributed by atoms with Crippen LogP contribution in [0, 0.1) is 5.82 Å². The van der Waals surface area contributed by atoms with Gasteiger partial charge >= 0.3 is 0 Å². The average molecular weight is 290 g/mol. The van der Waals surface area contributed by atoms with E-state index in [2.05, 4.69) is 12.1 Å². The molecule has 2 N–H and O–H groups in total. The molecule has 3 heteroatoms. The predicted octanol–water partition coefficient (Wildman–Crippen LogP) is 4.41. The highest BCUT2D eigenvalue weighted by atomic mass is 35.5. The van der Waals surface area contributed by atoms with Crippen LogP contribution in [0.5, 0.6) is 0 Å². The molecule has 0 aliphatic heterocycles. The molecule has 104 valence electrons. The Morgan fingerprint density at radius 3 is 2.60 bits per heavy atom. The SMILES string of the molecule is NC(c1ccc2c(c1)CCCC2)c1cccc(F)c1Cl. The first kappa shape index (κ1) is 13.6. The molecule has 1 nitrogen and oxygen atoms in total. The number of halogens is 2. The Labute approximate surface area is 123 Å².